The molecule has 0 amide bonds. The predicted octanol–water partition coefficient (Wildman–Crippen LogP) is 1.61. The van der Waals surface area contributed by atoms with Crippen LogP contribution in [0, 0.1) is 0 Å². The van der Waals surface area contributed by atoms with Gasteiger partial charge in [0.05, 0.1) is 11.9 Å². The summed E-state index contributed by atoms with van der Waals surface area (Å²) in [5.74, 6) is 0.190. The van der Waals surface area contributed by atoms with E-state index in [9.17, 15) is 8.42 Å². The summed E-state index contributed by atoms with van der Waals surface area (Å²) in [5, 5.41) is 10.8. The Hall–Kier alpha value is -0.920. The predicted molar refractivity (Wildman–Crippen MR) is 88.2 cm³/mol. The molecule has 0 spiro atoms. The lowest BCUT2D eigenvalue weighted by atomic mass is 9.89. The number of H-pyrrole nitrogens is 1. The quantitative estimate of drug-likeness (QED) is 0.861. The highest BCUT2D eigenvalue weighted by Crippen LogP contribution is 2.23. The minimum Gasteiger partial charge on any atom is -0.310 e. The van der Waals surface area contributed by atoms with Gasteiger partial charge in [-0.05, 0) is 19.8 Å². The summed E-state index contributed by atoms with van der Waals surface area (Å²) < 4.78 is 25.3. The summed E-state index contributed by atoms with van der Waals surface area (Å²) in [6, 6.07) is 0.367. The van der Waals surface area contributed by atoms with E-state index in [1.165, 1.54) is 5.56 Å². The molecule has 0 unspecified atom stereocenters. The van der Waals surface area contributed by atoms with Gasteiger partial charge in [-0.1, -0.05) is 20.8 Å². The molecule has 0 aliphatic carbocycles. The summed E-state index contributed by atoms with van der Waals surface area (Å²) in [4.78, 5) is 0. The van der Waals surface area contributed by atoms with Crippen LogP contribution < -0.4 is 5.32 Å². The van der Waals surface area contributed by atoms with Gasteiger partial charge in [-0.3, -0.25) is 5.10 Å². The third-order valence-electron chi connectivity index (χ3n) is 4.26. The second-order valence-corrected chi connectivity index (χ2v) is 9.23. The van der Waals surface area contributed by atoms with Gasteiger partial charge in [0.1, 0.15) is 0 Å². The molecule has 1 fully saturated rings. The highest BCUT2D eigenvalue weighted by molar-refractivity contribution is 7.89. The number of nitrogens with zero attached hydrogens (tertiary/aromatic N) is 2. The van der Waals surface area contributed by atoms with Crippen molar-refractivity contribution < 1.29 is 8.42 Å². The van der Waals surface area contributed by atoms with Crippen LogP contribution in [0.1, 0.15) is 51.8 Å². The molecule has 0 atom stereocenters. The van der Waals surface area contributed by atoms with E-state index in [1.807, 2.05) is 6.20 Å². The van der Waals surface area contributed by atoms with Gasteiger partial charge >= 0.3 is 0 Å². The summed E-state index contributed by atoms with van der Waals surface area (Å²) >= 11 is 0. The molecule has 1 saturated heterocycles. The smallest absolute Gasteiger partial charge is 0.213 e. The number of hydrogen-bond donors (Lipinski definition) is 2. The zero-order valence-corrected chi connectivity index (χ0v) is 14.8. The zero-order chi connectivity index (χ0) is 16.4. The number of sulfonamides is 1. The highest BCUT2D eigenvalue weighted by atomic mass is 32.2. The molecular weight excluding hydrogens is 300 g/mol. The monoisotopic (exact) mass is 328 g/mol. The Bertz CT molecular complexity index is 581. The first-order valence-electron chi connectivity index (χ1n) is 7.98. The number of nitrogens with one attached hydrogen (secondary N) is 2. The van der Waals surface area contributed by atoms with Crippen LogP contribution in [0.4, 0.5) is 0 Å². The molecule has 6 nitrogen and oxygen atoms in total. The Kier molecular flexibility index (Phi) is 5.29. The van der Waals surface area contributed by atoms with E-state index in [1.54, 1.807) is 11.2 Å². The molecule has 1 aliphatic rings. The fourth-order valence-electron chi connectivity index (χ4n) is 2.87. The molecular formula is C15H28N4O2S. The van der Waals surface area contributed by atoms with Crippen LogP contribution in [0.5, 0.6) is 0 Å². The first-order valence-corrected chi connectivity index (χ1v) is 9.59. The van der Waals surface area contributed by atoms with E-state index >= 15 is 0 Å². The van der Waals surface area contributed by atoms with E-state index in [4.69, 9.17) is 0 Å². The van der Waals surface area contributed by atoms with Crippen molar-refractivity contribution in [2.75, 3.05) is 18.8 Å². The molecule has 7 heteroatoms. The number of piperidine rings is 1. The number of hydrogen-bond acceptors (Lipinski definition) is 4. The van der Waals surface area contributed by atoms with Crippen molar-refractivity contribution in [1.29, 1.82) is 0 Å². The van der Waals surface area contributed by atoms with E-state index in [0.29, 0.717) is 19.1 Å². The van der Waals surface area contributed by atoms with Gasteiger partial charge < -0.3 is 5.32 Å². The fraction of sp³-hybridized carbons (Fsp3) is 0.800. The van der Waals surface area contributed by atoms with Gasteiger partial charge in [0.25, 0.3) is 0 Å². The first kappa shape index (κ1) is 17.4. The van der Waals surface area contributed by atoms with Crippen LogP contribution in [0.15, 0.2) is 6.20 Å². The van der Waals surface area contributed by atoms with Crippen molar-refractivity contribution >= 4 is 10.0 Å². The molecule has 0 bridgehead atoms. The van der Waals surface area contributed by atoms with Crippen LogP contribution >= 0.6 is 0 Å². The Morgan fingerprint density at radius 2 is 2.00 bits per heavy atom. The lowest BCUT2D eigenvalue weighted by Crippen LogP contribution is -2.45. The maximum Gasteiger partial charge on any atom is 0.213 e. The van der Waals surface area contributed by atoms with E-state index in [0.717, 1.165) is 25.1 Å². The molecule has 2 N–H and O–H groups in total. The van der Waals surface area contributed by atoms with Gasteiger partial charge in [-0.15, -0.1) is 0 Å². The second kappa shape index (κ2) is 6.68. The molecule has 1 aromatic rings. The van der Waals surface area contributed by atoms with Crippen molar-refractivity contribution in [2.24, 2.45) is 0 Å². The first-order chi connectivity index (χ1) is 10.2. The second-order valence-electron chi connectivity index (χ2n) is 6.98. The fourth-order valence-corrected chi connectivity index (χ4v) is 4.00. The normalized spacial score (nSPS) is 18.7. The van der Waals surface area contributed by atoms with Crippen LogP contribution in [0.3, 0.4) is 0 Å². The van der Waals surface area contributed by atoms with Gasteiger partial charge in [0.2, 0.25) is 10.0 Å². The van der Waals surface area contributed by atoms with E-state index in [-0.39, 0.29) is 11.2 Å². The summed E-state index contributed by atoms with van der Waals surface area (Å²) in [5.41, 5.74) is 2.40. The standard InChI is InChI=1S/C15H28N4O2S/c1-5-22(20,21)19-8-6-13(7-9-19)16-10-12-11-17-18-14(12)15(2,3)4/h11,13,16H,5-10H2,1-4H3,(H,17,18). The lowest BCUT2D eigenvalue weighted by Gasteiger charge is -2.31. The zero-order valence-electron chi connectivity index (χ0n) is 14.0. The lowest BCUT2D eigenvalue weighted by molar-refractivity contribution is 0.288. The minimum absolute atomic E-state index is 0.0477. The van der Waals surface area contributed by atoms with Crippen LogP contribution in [0.2, 0.25) is 0 Å². The molecule has 1 aromatic heterocycles. The van der Waals surface area contributed by atoms with Crippen molar-refractivity contribution in [3.8, 4) is 0 Å². The molecule has 0 radical (unpaired) electrons. The third-order valence-corrected chi connectivity index (χ3v) is 6.14. The van der Waals surface area contributed by atoms with Crippen molar-refractivity contribution in [1.82, 2.24) is 19.8 Å². The Morgan fingerprint density at radius 3 is 2.55 bits per heavy atom. The number of aromatic nitrogens is 2. The maximum atomic E-state index is 11.9. The highest BCUT2D eigenvalue weighted by Gasteiger charge is 2.27. The maximum absolute atomic E-state index is 11.9. The molecule has 22 heavy (non-hydrogen) atoms. The summed E-state index contributed by atoms with van der Waals surface area (Å²) in [6.45, 7) is 10.2. The van der Waals surface area contributed by atoms with Crippen LogP contribution in [-0.2, 0) is 22.0 Å². The Labute approximate surface area is 133 Å². The largest absolute Gasteiger partial charge is 0.310 e. The molecule has 2 rings (SSSR count). The molecule has 0 saturated carbocycles. The molecule has 126 valence electrons. The van der Waals surface area contributed by atoms with Gasteiger partial charge in [0.15, 0.2) is 0 Å². The Balaban J connectivity index is 1.87. The van der Waals surface area contributed by atoms with Gasteiger partial charge in [-0.2, -0.15) is 5.10 Å². The summed E-state index contributed by atoms with van der Waals surface area (Å²) in [7, 11) is -3.04. The molecule has 2 heterocycles. The van der Waals surface area contributed by atoms with Crippen LogP contribution in [-0.4, -0.2) is 47.8 Å². The minimum atomic E-state index is -3.04. The van der Waals surface area contributed by atoms with Crippen molar-refractivity contribution in [3.05, 3.63) is 17.5 Å². The molecule has 0 aromatic carbocycles. The molecule has 1 aliphatic heterocycles. The third kappa shape index (κ3) is 4.08. The summed E-state index contributed by atoms with van der Waals surface area (Å²) in [6.07, 6.45) is 3.61. The number of rotatable bonds is 5. The van der Waals surface area contributed by atoms with Gasteiger partial charge in [0, 0.05) is 42.3 Å². The average molecular weight is 328 g/mol. The Morgan fingerprint density at radius 1 is 1.36 bits per heavy atom. The van der Waals surface area contributed by atoms with E-state index in [2.05, 4.69) is 36.3 Å². The number of aromatic amines is 1. The van der Waals surface area contributed by atoms with Gasteiger partial charge in [-0.25, -0.2) is 12.7 Å². The van der Waals surface area contributed by atoms with Crippen LogP contribution in [0.25, 0.3) is 0 Å². The van der Waals surface area contributed by atoms with Crippen molar-refractivity contribution in [3.63, 3.8) is 0 Å². The van der Waals surface area contributed by atoms with Crippen molar-refractivity contribution in [2.45, 2.75) is 58.5 Å². The van der Waals surface area contributed by atoms with E-state index < -0.39 is 10.0 Å². The SMILES string of the molecule is CCS(=O)(=O)N1CCC(NCc2cn[nH]c2C(C)(C)C)CC1. The average Bonchev–Trinajstić information content (AvgIpc) is 2.94. The topological polar surface area (TPSA) is 78.1 Å².